The molecule has 0 saturated heterocycles. The van der Waals surface area contributed by atoms with E-state index in [1.807, 2.05) is 27.7 Å². The molecule has 1 saturated carbocycles. The molecule has 4 nitrogen and oxygen atoms in total. The summed E-state index contributed by atoms with van der Waals surface area (Å²) in [4.78, 5) is 23.9. The van der Waals surface area contributed by atoms with E-state index in [9.17, 15) is 9.59 Å². The molecule has 0 bridgehead atoms. The zero-order chi connectivity index (χ0) is 14.5. The third-order valence-corrected chi connectivity index (χ3v) is 3.52. The predicted octanol–water partition coefficient (Wildman–Crippen LogP) is 2.23. The SMILES string of the molecule is CCCNC(=O)C1CCC(C(=O)NC(C)(C)C)CC1. The summed E-state index contributed by atoms with van der Waals surface area (Å²) in [5, 5.41) is 5.97. The van der Waals surface area contributed by atoms with Crippen molar-refractivity contribution in [1.82, 2.24) is 10.6 Å². The highest BCUT2D eigenvalue weighted by Gasteiger charge is 2.30. The lowest BCUT2D eigenvalue weighted by molar-refractivity contribution is -0.131. The fraction of sp³-hybridized carbons (Fsp3) is 0.867. The van der Waals surface area contributed by atoms with Crippen LogP contribution in [0.15, 0.2) is 0 Å². The lowest BCUT2D eigenvalue weighted by Crippen LogP contribution is -2.45. The van der Waals surface area contributed by atoms with Crippen molar-refractivity contribution >= 4 is 11.8 Å². The van der Waals surface area contributed by atoms with E-state index in [0.29, 0.717) is 0 Å². The fourth-order valence-corrected chi connectivity index (χ4v) is 2.48. The molecule has 0 heterocycles. The average Bonchev–Trinajstić information content (AvgIpc) is 2.34. The van der Waals surface area contributed by atoms with Gasteiger partial charge in [-0.1, -0.05) is 6.92 Å². The van der Waals surface area contributed by atoms with Crippen molar-refractivity contribution in [3.05, 3.63) is 0 Å². The molecular weight excluding hydrogens is 240 g/mol. The topological polar surface area (TPSA) is 58.2 Å². The molecule has 19 heavy (non-hydrogen) atoms. The molecule has 0 unspecified atom stereocenters. The molecule has 1 rings (SSSR count). The predicted molar refractivity (Wildman–Crippen MR) is 76.6 cm³/mol. The highest BCUT2D eigenvalue weighted by Crippen LogP contribution is 2.29. The number of hydrogen-bond donors (Lipinski definition) is 2. The van der Waals surface area contributed by atoms with E-state index < -0.39 is 0 Å². The van der Waals surface area contributed by atoms with Crippen LogP contribution in [-0.2, 0) is 9.59 Å². The molecule has 0 aromatic rings. The maximum atomic E-state index is 12.1. The molecule has 0 aliphatic heterocycles. The summed E-state index contributed by atoms with van der Waals surface area (Å²) >= 11 is 0. The Morgan fingerprint density at radius 2 is 1.47 bits per heavy atom. The number of amides is 2. The Balaban J connectivity index is 2.36. The molecule has 0 atom stereocenters. The van der Waals surface area contributed by atoms with Gasteiger partial charge >= 0.3 is 0 Å². The number of rotatable bonds is 4. The van der Waals surface area contributed by atoms with Gasteiger partial charge in [-0.3, -0.25) is 9.59 Å². The molecule has 1 fully saturated rings. The van der Waals surface area contributed by atoms with Gasteiger partial charge < -0.3 is 10.6 Å². The Hall–Kier alpha value is -1.06. The summed E-state index contributed by atoms with van der Waals surface area (Å²) < 4.78 is 0. The van der Waals surface area contributed by atoms with Gasteiger partial charge in [0.05, 0.1) is 0 Å². The van der Waals surface area contributed by atoms with Gasteiger partial charge in [0.2, 0.25) is 11.8 Å². The molecule has 1 aliphatic carbocycles. The van der Waals surface area contributed by atoms with E-state index in [4.69, 9.17) is 0 Å². The molecule has 0 spiro atoms. The van der Waals surface area contributed by atoms with Gasteiger partial charge in [-0.05, 0) is 52.9 Å². The zero-order valence-corrected chi connectivity index (χ0v) is 12.7. The number of hydrogen-bond acceptors (Lipinski definition) is 2. The van der Waals surface area contributed by atoms with Crippen LogP contribution in [0, 0.1) is 11.8 Å². The van der Waals surface area contributed by atoms with Gasteiger partial charge in [-0.25, -0.2) is 0 Å². The van der Waals surface area contributed by atoms with Crippen LogP contribution in [0.25, 0.3) is 0 Å². The zero-order valence-electron chi connectivity index (χ0n) is 12.7. The maximum absolute atomic E-state index is 12.1. The first kappa shape index (κ1) is 16.0. The first-order chi connectivity index (χ1) is 8.83. The van der Waals surface area contributed by atoms with E-state index in [0.717, 1.165) is 38.6 Å². The maximum Gasteiger partial charge on any atom is 0.223 e. The Labute approximate surface area is 116 Å². The van der Waals surface area contributed by atoms with Crippen molar-refractivity contribution in [2.75, 3.05) is 6.54 Å². The van der Waals surface area contributed by atoms with Gasteiger partial charge in [0.15, 0.2) is 0 Å². The van der Waals surface area contributed by atoms with Gasteiger partial charge in [-0.2, -0.15) is 0 Å². The normalized spacial score (nSPS) is 23.8. The van der Waals surface area contributed by atoms with Crippen LogP contribution in [0.5, 0.6) is 0 Å². The summed E-state index contributed by atoms with van der Waals surface area (Å²) in [7, 11) is 0. The minimum Gasteiger partial charge on any atom is -0.356 e. The van der Waals surface area contributed by atoms with Crippen LogP contribution in [-0.4, -0.2) is 23.9 Å². The molecule has 0 radical (unpaired) electrons. The standard InChI is InChI=1S/C15H28N2O2/c1-5-10-16-13(18)11-6-8-12(9-7-11)14(19)17-15(2,3)4/h11-12H,5-10H2,1-4H3,(H,16,18)(H,17,19). The monoisotopic (exact) mass is 268 g/mol. The van der Waals surface area contributed by atoms with Crippen molar-refractivity contribution in [1.29, 1.82) is 0 Å². The minimum atomic E-state index is -0.174. The Morgan fingerprint density at radius 1 is 1.00 bits per heavy atom. The molecule has 0 aromatic carbocycles. The first-order valence-corrected chi connectivity index (χ1v) is 7.43. The lowest BCUT2D eigenvalue weighted by atomic mass is 9.81. The quantitative estimate of drug-likeness (QED) is 0.821. The third-order valence-electron chi connectivity index (χ3n) is 3.52. The third kappa shape index (κ3) is 5.62. The van der Waals surface area contributed by atoms with Crippen molar-refractivity contribution in [3.63, 3.8) is 0 Å². The van der Waals surface area contributed by atoms with E-state index >= 15 is 0 Å². The van der Waals surface area contributed by atoms with Gasteiger partial charge in [-0.15, -0.1) is 0 Å². The smallest absolute Gasteiger partial charge is 0.223 e. The van der Waals surface area contributed by atoms with Crippen molar-refractivity contribution in [2.24, 2.45) is 11.8 Å². The van der Waals surface area contributed by atoms with Crippen molar-refractivity contribution in [2.45, 2.75) is 65.3 Å². The van der Waals surface area contributed by atoms with Crippen LogP contribution in [0.2, 0.25) is 0 Å². The molecular formula is C15H28N2O2. The summed E-state index contributed by atoms with van der Waals surface area (Å²) in [6, 6.07) is 0. The molecule has 1 aliphatic rings. The second-order valence-electron chi connectivity index (χ2n) is 6.58. The number of carbonyl (C=O) groups excluding carboxylic acids is 2. The summed E-state index contributed by atoms with van der Waals surface area (Å²) in [6.45, 7) is 8.79. The van der Waals surface area contributed by atoms with E-state index in [-0.39, 0.29) is 29.2 Å². The number of carbonyl (C=O) groups is 2. The Morgan fingerprint density at radius 3 is 1.89 bits per heavy atom. The minimum absolute atomic E-state index is 0.0782. The van der Waals surface area contributed by atoms with Crippen LogP contribution in [0.4, 0.5) is 0 Å². The van der Waals surface area contributed by atoms with Gasteiger partial charge in [0.1, 0.15) is 0 Å². The molecule has 2 amide bonds. The van der Waals surface area contributed by atoms with Crippen LogP contribution in [0.3, 0.4) is 0 Å². The van der Waals surface area contributed by atoms with Crippen LogP contribution in [0.1, 0.15) is 59.8 Å². The Kier molecular flexibility index (Phi) is 5.83. The highest BCUT2D eigenvalue weighted by atomic mass is 16.2. The van der Waals surface area contributed by atoms with E-state index in [2.05, 4.69) is 10.6 Å². The highest BCUT2D eigenvalue weighted by molar-refractivity contribution is 5.81. The summed E-state index contributed by atoms with van der Waals surface area (Å²) in [5.74, 6) is 0.483. The second-order valence-corrected chi connectivity index (χ2v) is 6.58. The largest absolute Gasteiger partial charge is 0.356 e. The molecule has 2 N–H and O–H groups in total. The van der Waals surface area contributed by atoms with Gasteiger partial charge in [0, 0.05) is 23.9 Å². The fourth-order valence-electron chi connectivity index (χ4n) is 2.48. The van der Waals surface area contributed by atoms with E-state index in [1.165, 1.54) is 0 Å². The van der Waals surface area contributed by atoms with Gasteiger partial charge in [0.25, 0.3) is 0 Å². The van der Waals surface area contributed by atoms with Crippen LogP contribution >= 0.6 is 0 Å². The van der Waals surface area contributed by atoms with Crippen LogP contribution < -0.4 is 10.6 Å². The second kappa shape index (κ2) is 6.92. The van der Waals surface area contributed by atoms with E-state index in [1.54, 1.807) is 0 Å². The molecule has 110 valence electrons. The summed E-state index contributed by atoms with van der Waals surface area (Å²) in [6.07, 6.45) is 4.28. The first-order valence-electron chi connectivity index (χ1n) is 7.43. The summed E-state index contributed by atoms with van der Waals surface area (Å²) in [5.41, 5.74) is -0.174. The Bertz CT molecular complexity index is 313. The molecule has 4 heteroatoms. The average molecular weight is 268 g/mol. The number of nitrogens with one attached hydrogen (secondary N) is 2. The van der Waals surface area contributed by atoms with Crippen molar-refractivity contribution in [3.8, 4) is 0 Å². The van der Waals surface area contributed by atoms with Crippen molar-refractivity contribution < 1.29 is 9.59 Å². The lowest BCUT2D eigenvalue weighted by Gasteiger charge is -2.30. The molecule has 0 aromatic heterocycles.